The molecule has 14 heteroatoms. The largest absolute Gasteiger partial charge is 0.494 e. The van der Waals surface area contributed by atoms with Crippen LogP contribution in [0.4, 0.5) is 4.79 Å². The smallest absolute Gasteiger partial charge is 0.464 e. The molecule has 370 valence electrons. The minimum Gasteiger partial charge on any atom is -0.464 e. The number of nitrogens with zero attached hydrogens (tertiary/aromatic N) is 3. The molecule has 3 aliphatic heterocycles. The second kappa shape index (κ2) is 19.7. The van der Waals surface area contributed by atoms with Crippen LogP contribution < -0.4 is 16.9 Å². The van der Waals surface area contributed by atoms with Gasteiger partial charge < -0.3 is 44.3 Å². The van der Waals surface area contributed by atoms with Crippen molar-refractivity contribution >= 4 is 41.1 Å². The van der Waals surface area contributed by atoms with E-state index < -0.39 is 35.7 Å². The van der Waals surface area contributed by atoms with Crippen LogP contribution in [0.25, 0.3) is 38.9 Å². The van der Waals surface area contributed by atoms with E-state index >= 15 is 0 Å². The quantitative estimate of drug-likeness (QED) is 0.0719. The molecule has 4 N–H and O–H groups in total. The summed E-state index contributed by atoms with van der Waals surface area (Å²) in [4.78, 5) is 34.4. The number of fused-ring (bicyclic) bond motifs is 6. The van der Waals surface area contributed by atoms with E-state index in [9.17, 15) is 9.59 Å². The molecule has 3 aromatic carbocycles. The molecule has 5 aromatic rings. The fourth-order valence-electron chi connectivity index (χ4n) is 10.8. The van der Waals surface area contributed by atoms with Crippen molar-refractivity contribution in [1.29, 1.82) is 0 Å². The number of ether oxygens (including phenoxy) is 4. The zero-order valence-electron chi connectivity index (χ0n) is 42.4. The van der Waals surface area contributed by atoms with Crippen molar-refractivity contribution in [1.82, 2.24) is 14.5 Å². The van der Waals surface area contributed by atoms with Gasteiger partial charge in [-0.25, -0.2) is 4.79 Å². The predicted octanol–water partition coefficient (Wildman–Crippen LogP) is 8.71. The van der Waals surface area contributed by atoms with Gasteiger partial charge in [-0.05, 0) is 130 Å². The van der Waals surface area contributed by atoms with Crippen molar-refractivity contribution in [2.24, 2.45) is 16.9 Å². The first-order chi connectivity index (χ1) is 33.5. The van der Waals surface area contributed by atoms with Crippen molar-refractivity contribution < 1.29 is 37.8 Å². The van der Waals surface area contributed by atoms with Crippen molar-refractivity contribution in [3.8, 4) is 22.4 Å². The molecule has 1 amide bonds. The Balaban J connectivity index is 1.08. The fraction of sp³-hybridized carbons (Fsp3) is 0.482. The number of nitrogens with two attached hydrogens (primary N) is 2. The maximum Gasteiger partial charge on any atom is 0.494 e. The van der Waals surface area contributed by atoms with E-state index in [4.69, 9.17) is 44.7 Å². The van der Waals surface area contributed by atoms with Crippen LogP contribution in [0, 0.1) is 5.41 Å². The Hall–Kier alpha value is -5.35. The summed E-state index contributed by atoms with van der Waals surface area (Å²) >= 11 is 0. The van der Waals surface area contributed by atoms with Crippen LogP contribution in [-0.2, 0) is 46.0 Å². The third-order valence-electron chi connectivity index (χ3n) is 15.3. The van der Waals surface area contributed by atoms with Gasteiger partial charge in [-0.3, -0.25) is 14.7 Å². The van der Waals surface area contributed by atoms with E-state index in [1.54, 1.807) is 7.11 Å². The molecule has 2 bridgehead atoms. The molecular weight excluding hydrogens is 881 g/mol. The fourth-order valence-corrected chi connectivity index (χ4v) is 10.8. The van der Waals surface area contributed by atoms with Crippen molar-refractivity contribution in [2.75, 3.05) is 40.1 Å². The van der Waals surface area contributed by atoms with Crippen molar-refractivity contribution in [3.05, 3.63) is 113 Å². The summed E-state index contributed by atoms with van der Waals surface area (Å²) in [6.45, 7) is 19.0. The predicted molar refractivity (Wildman–Crippen MR) is 275 cm³/mol. The molecule has 0 radical (unpaired) electrons. The van der Waals surface area contributed by atoms with Crippen LogP contribution in [-0.4, -0.2) is 103 Å². The molecule has 70 heavy (non-hydrogen) atoms. The number of amides is 1. The molecule has 2 fully saturated rings. The minimum atomic E-state index is -0.738. The zero-order valence-corrected chi connectivity index (χ0v) is 42.4. The first-order valence-electron chi connectivity index (χ1n) is 25.0. The first kappa shape index (κ1) is 49.6. The molecule has 0 saturated carbocycles. The number of pyridine rings is 1. The number of hydrogen-bond donors (Lipinski definition) is 2. The zero-order chi connectivity index (χ0) is 49.7. The normalized spacial score (nSPS) is 20.2. The number of carbonyl (C=O) groups excluding carboxylic acids is 2. The van der Waals surface area contributed by atoms with E-state index in [2.05, 4.69) is 120 Å². The first-order valence-corrected chi connectivity index (χ1v) is 25.0. The number of rotatable bonds is 16. The highest BCUT2D eigenvalue weighted by Crippen LogP contribution is 2.46. The molecule has 1 aliphatic carbocycles. The van der Waals surface area contributed by atoms with Crippen molar-refractivity contribution in [2.45, 2.75) is 129 Å². The van der Waals surface area contributed by atoms with Gasteiger partial charge in [0.25, 0.3) is 0 Å². The Morgan fingerprint density at radius 3 is 2.27 bits per heavy atom. The van der Waals surface area contributed by atoms with Gasteiger partial charge in [0.2, 0.25) is 0 Å². The highest BCUT2D eigenvalue weighted by atomic mass is 16.7. The van der Waals surface area contributed by atoms with Crippen LogP contribution in [0.2, 0.25) is 0 Å². The summed E-state index contributed by atoms with van der Waals surface area (Å²) in [5.41, 5.74) is 23.0. The Morgan fingerprint density at radius 2 is 1.63 bits per heavy atom. The van der Waals surface area contributed by atoms with Gasteiger partial charge in [0.15, 0.2) is 0 Å². The molecule has 13 nitrogen and oxygen atoms in total. The number of hydrogen-bond acceptors (Lipinski definition) is 11. The van der Waals surface area contributed by atoms with Crippen LogP contribution in [0.15, 0.2) is 85.1 Å². The lowest BCUT2D eigenvalue weighted by Gasteiger charge is -2.44. The molecule has 0 spiro atoms. The molecular formula is C56H70BN5O8. The third-order valence-corrected chi connectivity index (χ3v) is 15.3. The van der Waals surface area contributed by atoms with Gasteiger partial charge in [0, 0.05) is 47.7 Å². The summed E-state index contributed by atoms with van der Waals surface area (Å²) in [5.74, 6) is -0.466. The van der Waals surface area contributed by atoms with E-state index in [-0.39, 0.29) is 43.4 Å². The second-order valence-corrected chi connectivity index (χ2v) is 21.3. The van der Waals surface area contributed by atoms with E-state index in [1.807, 2.05) is 30.2 Å². The van der Waals surface area contributed by atoms with E-state index in [1.165, 1.54) is 22.3 Å². The highest BCUT2D eigenvalue weighted by molar-refractivity contribution is 6.62. The van der Waals surface area contributed by atoms with E-state index in [0.717, 1.165) is 50.0 Å². The Bertz CT molecular complexity index is 2740. The van der Waals surface area contributed by atoms with Gasteiger partial charge in [-0.1, -0.05) is 80.6 Å². The molecule has 4 aliphatic rings. The summed E-state index contributed by atoms with van der Waals surface area (Å²) in [6.07, 6.45) is 5.63. The van der Waals surface area contributed by atoms with Crippen molar-refractivity contribution in [3.63, 3.8) is 0 Å². The average molecular weight is 952 g/mol. The number of morpholine rings is 1. The molecule has 4 atom stereocenters. The highest BCUT2D eigenvalue weighted by Gasteiger charge is 2.52. The number of benzene rings is 3. The maximum atomic E-state index is 14.2. The Morgan fingerprint density at radius 1 is 0.943 bits per heavy atom. The lowest BCUT2D eigenvalue weighted by Crippen LogP contribution is -2.56. The molecule has 9 rings (SSSR count). The minimum absolute atomic E-state index is 0.0370. The van der Waals surface area contributed by atoms with Crippen LogP contribution >= 0.6 is 0 Å². The average Bonchev–Trinajstić information content (AvgIpc) is 3.91. The Kier molecular flexibility index (Phi) is 14.0. The molecule has 2 unspecified atom stereocenters. The summed E-state index contributed by atoms with van der Waals surface area (Å²) in [7, 11) is 1.14. The van der Waals surface area contributed by atoms with Crippen LogP contribution in [0.1, 0.15) is 115 Å². The monoisotopic (exact) mass is 952 g/mol. The van der Waals surface area contributed by atoms with Gasteiger partial charge in [-0.15, -0.1) is 0 Å². The van der Waals surface area contributed by atoms with Gasteiger partial charge in [0.1, 0.15) is 12.6 Å². The number of esters is 1. The van der Waals surface area contributed by atoms with Crippen LogP contribution in [0.5, 0.6) is 0 Å². The topological polar surface area (TPSA) is 163 Å². The Labute approximate surface area is 413 Å². The summed E-state index contributed by atoms with van der Waals surface area (Å²) < 4.78 is 39.9. The molecule has 5 heterocycles. The summed E-state index contributed by atoms with van der Waals surface area (Å²) in [6, 6.07) is 24.2. The lowest BCUT2D eigenvalue weighted by atomic mass is 9.77. The summed E-state index contributed by atoms with van der Waals surface area (Å²) in [5, 5.41) is 1.05. The number of aryl methyl sites for hydroxylation is 1. The number of methoxy groups -OCH3 is 1. The molecule has 2 saturated heterocycles. The molecule has 2 aromatic heterocycles. The lowest BCUT2D eigenvalue weighted by molar-refractivity contribution is -0.148. The van der Waals surface area contributed by atoms with Gasteiger partial charge >= 0.3 is 19.2 Å². The SMILES string of the molecule is CCn1c(-c2cc(C3=CC4COCC(C3)N4C(=O)OCC3c4ccccc4-c4ccccc43)cnc2[C@H](C)OC)c(CC(C)(C)COC(=O)[C@@H](N)CCCN)c2cc(B3OC(C)(C)C(C)(C)O3)ccc21. The van der Waals surface area contributed by atoms with Gasteiger partial charge in [0.05, 0.1) is 60.6 Å². The number of carbonyl (C=O) groups is 2. The maximum absolute atomic E-state index is 14.2. The van der Waals surface area contributed by atoms with Crippen LogP contribution in [0.3, 0.4) is 0 Å². The standard InChI is InChI=1S/C56H70BN5O8/c1-10-61-49-22-21-37(57-69-55(5,6)56(7,8)70-57)27-44(49)46(28-54(3,4)33-68-52(63)48(59)20-15-23-58)51(61)45-26-36(29-60-50(45)34(2)65-9)35-24-38-30-66-31-39(25-35)62(38)53(64)67-32-47-42-18-13-11-16-40(42)41-17-12-14-19-43(41)47/h11-14,16-19,21-22,24,26-27,29,34,38-39,47-48H,10,15,20,23,25,28,30-33,58-59H2,1-9H3/t34-,38?,39?,48-/m0/s1. The number of aromatic nitrogens is 2. The van der Waals surface area contributed by atoms with E-state index in [0.29, 0.717) is 52.0 Å². The van der Waals surface area contributed by atoms with Gasteiger partial charge in [-0.2, -0.15) is 0 Å². The third kappa shape index (κ3) is 9.34. The second-order valence-electron chi connectivity index (χ2n) is 21.3.